The van der Waals surface area contributed by atoms with Crippen molar-refractivity contribution in [2.45, 2.75) is 20.8 Å². The van der Waals surface area contributed by atoms with Crippen LogP contribution in [0.4, 0.5) is 5.69 Å². The molecular weight excluding hydrogens is 310 g/mol. The van der Waals surface area contributed by atoms with Gasteiger partial charge < -0.3 is 14.8 Å². The minimum absolute atomic E-state index is 0.208. The quantitative estimate of drug-likeness (QED) is 0.429. The number of carboxylic acids is 1. The number of hydrogen-bond acceptors (Lipinski definition) is 5. The van der Waals surface area contributed by atoms with E-state index in [-0.39, 0.29) is 11.5 Å². The van der Waals surface area contributed by atoms with Crippen LogP contribution in [0.25, 0.3) is 0 Å². The van der Waals surface area contributed by atoms with E-state index in [1.807, 2.05) is 6.92 Å². The Hall–Kier alpha value is -3.09. The number of ether oxygens (including phenoxy) is 1. The number of hydrogen-bond donors (Lipinski definition) is 3. The zero-order chi connectivity index (χ0) is 17.7. The minimum Gasteiger partial charge on any atom is -0.478 e. The maximum absolute atomic E-state index is 11.9. The molecule has 126 valence electrons. The van der Waals surface area contributed by atoms with E-state index in [0.717, 1.165) is 11.3 Å². The summed E-state index contributed by atoms with van der Waals surface area (Å²) < 4.78 is 5.04. The van der Waals surface area contributed by atoms with Crippen molar-refractivity contribution in [1.82, 2.24) is 4.98 Å². The third kappa shape index (κ3) is 3.81. The van der Waals surface area contributed by atoms with Gasteiger partial charge in [0.15, 0.2) is 0 Å². The first-order valence-electron chi connectivity index (χ1n) is 7.42. The monoisotopic (exact) mass is 329 g/mol. The lowest BCUT2D eigenvalue weighted by Crippen LogP contribution is -2.06. The first-order valence-corrected chi connectivity index (χ1v) is 7.42. The van der Waals surface area contributed by atoms with Crippen LogP contribution in [0.2, 0.25) is 0 Å². The molecule has 0 atom stereocenters. The highest BCUT2D eigenvalue weighted by molar-refractivity contribution is 5.96. The number of nitrogens with zero attached hydrogens (tertiary/aromatic N) is 1. The summed E-state index contributed by atoms with van der Waals surface area (Å²) in [6.45, 7) is 5.70. The zero-order valence-electron chi connectivity index (χ0n) is 13.7. The summed E-state index contributed by atoms with van der Waals surface area (Å²) in [6, 6.07) is 6.22. The highest BCUT2D eigenvalue weighted by Crippen LogP contribution is 2.18. The van der Waals surface area contributed by atoms with Gasteiger partial charge in [0, 0.05) is 5.69 Å². The molecule has 0 spiro atoms. The van der Waals surface area contributed by atoms with E-state index in [0.29, 0.717) is 23.6 Å². The predicted molar refractivity (Wildman–Crippen MR) is 90.8 cm³/mol. The lowest BCUT2D eigenvalue weighted by molar-refractivity contribution is 0.0524. The van der Waals surface area contributed by atoms with Crippen LogP contribution in [0.1, 0.15) is 44.6 Å². The summed E-state index contributed by atoms with van der Waals surface area (Å²) in [5, 5.41) is 13.0. The number of carbonyl (C=O) groups excluding carboxylic acids is 1. The summed E-state index contributed by atoms with van der Waals surface area (Å²) in [6.07, 6.45) is 1.57. The number of carboxylic acid groups (broad SMARTS) is 1. The number of anilines is 1. The molecule has 1 aromatic heterocycles. The van der Waals surface area contributed by atoms with Gasteiger partial charge in [-0.1, -0.05) is 0 Å². The number of hydrazone groups is 1. The van der Waals surface area contributed by atoms with Gasteiger partial charge in [-0.15, -0.1) is 0 Å². The van der Waals surface area contributed by atoms with Crippen LogP contribution < -0.4 is 5.43 Å². The number of benzene rings is 1. The van der Waals surface area contributed by atoms with Gasteiger partial charge in [-0.3, -0.25) is 5.43 Å². The van der Waals surface area contributed by atoms with Gasteiger partial charge in [0.25, 0.3) is 0 Å². The Morgan fingerprint density at radius 3 is 2.54 bits per heavy atom. The highest BCUT2D eigenvalue weighted by atomic mass is 16.5. The number of esters is 1. The highest BCUT2D eigenvalue weighted by Gasteiger charge is 2.18. The lowest BCUT2D eigenvalue weighted by Gasteiger charge is -2.02. The van der Waals surface area contributed by atoms with Crippen molar-refractivity contribution in [3.8, 4) is 0 Å². The molecular formula is C17H19N3O4. The van der Waals surface area contributed by atoms with E-state index < -0.39 is 5.97 Å². The molecule has 0 aliphatic heterocycles. The molecule has 1 aromatic carbocycles. The first-order chi connectivity index (χ1) is 11.4. The Kier molecular flexibility index (Phi) is 5.36. The number of nitrogens with one attached hydrogen (secondary N) is 2. The van der Waals surface area contributed by atoms with E-state index >= 15 is 0 Å². The third-order valence-electron chi connectivity index (χ3n) is 3.47. The molecule has 7 nitrogen and oxygen atoms in total. The van der Waals surface area contributed by atoms with Crippen LogP contribution >= 0.6 is 0 Å². The summed E-state index contributed by atoms with van der Waals surface area (Å²) in [4.78, 5) is 25.8. The van der Waals surface area contributed by atoms with Crippen LogP contribution in [0, 0.1) is 13.8 Å². The molecule has 7 heteroatoms. The molecule has 0 bridgehead atoms. The Bertz CT molecular complexity index is 776. The molecule has 2 rings (SSSR count). The molecule has 0 aliphatic carbocycles. The van der Waals surface area contributed by atoms with Gasteiger partial charge in [0.1, 0.15) is 0 Å². The maximum atomic E-state index is 11.9. The lowest BCUT2D eigenvalue weighted by atomic mass is 10.1. The van der Waals surface area contributed by atoms with Crippen LogP contribution in [-0.4, -0.2) is 34.9 Å². The fourth-order valence-electron chi connectivity index (χ4n) is 2.27. The van der Waals surface area contributed by atoms with Crippen molar-refractivity contribution in [3.05, 3.63) is 52.3 Å². The average molecular weight is 329 g/mol. The Labute approximate surface area is 139 Å². The SMILES string of the molecule is CCOC(=O)c1c(C)[nH]c(/C=N/Nc2ccc(C(=O)O)cc2)c1C. The van der Waals surface area contributed by atoms with Crippen molar-refractivity contribution >= 4 is 23.8 Å². The second-order valence-corrected chi connectivity index (χ2v) is 5.14. The van der Waals surface area contributed by atoms with Crippen LogP contribution in [0.5, 0.6) is 0 Å². The largest absolute Gasteiger partial charge is 0.478 e. The molecule has 0 saturated heterocycles. The number of rotatable bonds is 6. The fourth-order valence-corrected chi connectivity index (χ4v) is 2.27. The maximum Gasteiger partial charge on any atom is 0.340 e. The summed E-state index contributed by atoms with van der Waals surface area (Å²) >= 11 is 0. The van der Waals surface area contributed by atoms with E-state index in [4.69, 9.17) is 9.84 Å². The van der Waals surface area contributed by atoms with E-state index in [2.05, 4.69) is 15.5 Å². The van der Waals surface area contributed by atoms with Gasteiger partial charge in [-0.05, 0) is 50.6 Å². The fraction of sp³-hybridized carbons (Fsp3) is 0.235. The Morgan fingerprint density at radius 2 is 1.96 bits per heavy atom. The average Bonchev–Trinajstić information content (AvgIpc) is 2.82. The Balaban J connectivity index is 2.10. The van der Waals surface area contributed by atoms with Crippen LogP contribution in [0.3, 0.4) is 0 Å². The molecule has 2 aromatic rings. The van der Waals surface area contributed by atoms with Crippen LogP contribution in [-0.2, 0) is 4.74 Å². The van der Waals surface area contributed by atoms with E-state index in [9.17, 15) is 9.59 Å². The second kappa shape index (κ2) is 7.45. The Morgan fingerprint density at radius 1 is 1.29 bits per heavy atom. The van der Waals surface area contributed by atoms with E-state index in [1.54, 1.807) is 32.2 Å². The zero-order valence-corrected chi connectivity index (χ0v) is 13.7. The minimum atomic E-state index is -0.978. The molecule has 0 amide bonds. The van der Waals surface area contributed by atoms with Crippen molar-refractivity contribution in [2.24, 2.45) is 5.10 Å². The molecule has 0 unspecified atom stereocenters. The molecule has 0 saturated carbocycles. The van der Waals surface area contributed by atoms with Gasteiger partial charge in [0.2, 0.25) is 0 Å². The smallest absolute Gasteiger partial charge is 0.340 e. The normalized spacial score (nSPS) is 10.8. The number of carbonyl (C=O) groups is 2. The standard InChI is InChI=1S/C17H19N3O4/c1-4-24-17(23)15-10(2)14(19-11(15)3)9-18-20-13-7-5-12(6-8-13)16(21)22/h5-9,19-20H,4H2,1-3H3,(H,21,22)/b18-9+. The number of H-pyrrole nitrogens is 1. The molecule has 3 N–H and O–H groups in total. The van der Waals surface area contributed by atoms with Gasteiger partial charge >= 0.3 is 11.9 Å². The van der Waals surface area contributed by atoms with Gasteiger partial charge in [0.05, 0.1) is 35.3 Å². The van der Waals surface area contributed by atoms with Crippen molar-refractivity contribution < 1.29 is 19.4 Å². The van der Waals surface area contributed by atoms with Crippen molar-refractivity contribution in [3.63, 3.8) is 0 Å². The number of aryl methyl sites for hydroxylation is 1. The molecule has 0 radical (unpaired) electrons. The molecule has 1 heterocycles. The first kappa shape index (κ1) is 17.3. The summed E-state index contributed by atoms with van der Waals surface area (Å²) in [7, 11) is 0. The third-order valence-corrected chi connectivity index (χ3v) is 3.47. The van der Waals surface area contributed by atoms with Gasteiger partial charge in [-0.25, -0.2) is 9.59 Å². The summed E-state index contributed by atoms with van der Waals surface area (Å²) in [5.74, 6) is -1.34. The van der Waals surface area contributed by atoms with Crippen molar-refractivity contribution in [2.75, 3.05) is 12.0 Å². The van der Waals surface area contributed by atoms with Gasteiger partial charge in [-0.2, -0.15) is 5.10 Å². The topological polar surface area (TPSA) is 104 Å². The van der Waals surface area contributed by atoms with Crippen molar-refractivity contribution in [1.29, 1.82) is 0 Å². The van der Waals surface area contributed by atoms with E-state index in [1.165, 1.54) is 12.1 Å². The molecule has 0 fully saturated rings. The molecule has 24 heavy (non-hydrogen) atoms. The predicted octanol–water partition coefficient (Wildman–Crippen LogP) is 2.95. The number of aromatic nitrogens is 1. The second-order valence-electron chi connectivity index (χ2n) is 5.14. The summed E-state index contributed by atoms with van der Waals surface area (Å²) in [5.41, 5.74) is 6.37. The van der Waals surface area contributed by atoms with Crippen LogP contribution in [0.15, 0.2) is 29.4 Å². The molecule has 0 aliphatic rings. The number of aromatic carboxylic acids is 1. The number of aromatic amines is 1.